The van der Waals surface area contributed by atoms with E-state index in [0.29, 0.717) is 32.6 Å². The third-order valence-electron chi connectivity index (χ3n) is 4.42. The van der Waals surface area contributed by atoms with E-state index >= 15 is 0 Å². The molecule has 0 unspecified atom stereocenters. The summed E-state index contributed by atoms with van der Waals surface area (Å²) >= 11 is 0. The lowest BCUT2D eigenvalue weighted by Gasteiger charge is -2.50. The molecule has 0 aromatic carbocycles. The highest BCUT2D eigenvalue weighted by atomic mass is 16.5. The minimum atomic E-state index is -0.839. The molecule has 0 atom stereocenters. The second-order valence-electron chi connectivity index (χ2n) is 6.24. The van der Waals surface area contributed by atoms with Crippen molar-refractivity contribution in [1.82, 2.24) is 10.2 Å². The van der Waals surface area contributed by atoms with Crippen LogP contribution in [-0.2, 0) is 14.3 Å². The number of hydrogen-bond donors (Lipinski definition) is 1. The Labute approximate surface area is 128 Å². The van der Waals surface area contributed by atoms with Crippen molar-refractivity contribution in [1.29, 1.82) is 0 Å². The molecule has 0 aliphatic carbocycles. The summed E-state index contributed by atoms with van der Waals surface area (Å²) in [6, 6.07) is 0. The molecule has 0 radical (unpaired) electrons. The molecule has 0 aromatic heterocycles. The highest BCUT2D eigenvalue weighted by Crippen LogP contribution is 2.31. The lowest BCUT2D eigenvalue weighted by molar-refractivity contribution is -0.163. The van der Waals surface area contributed by atoms with E-state index in [1.54, 1.807) is 18.7 Å². The van der Waals surface area contributed by atoms with Crippen LogP contribution in [0.4, 0.5) is 0 Å². The van der Waals surface area contributed by atoms with Crippen LogP contribution in [0.1, 0.15) is 60.3 Å². The summed E-state index contributed by atoms with van der Waals surface area (Å²) in [5.74, 6) is -0.0736. The van der Waals surface area contributed by atoms with Crippen LogP contribution in [0, 0.1) is 0 Å². The number of amides is 2. The van der Waals surface area contributed by atoms with E-state index in [9.17, 15) is 9.59 Å². The number of hydrogen-bond acceptors (Lipinski definition) is 3. The zero-order valence-corrected chi connectivity index (χ0v) is 14.1. The van der Waals surface area contributed by atoms with Gasteiger partial charge in [-0.3, -0.25) is 9.59 Å². The molecule has 0 aromatic rings. The third-order valence-corrected chi connectivity index (χ3v) is 4.42. The van der Waals surface area contributed by atoms with Crippen molar-refractivity contribution in [3.63, 3.8) is 0 Å². The first-order valence-electron chi connectivity index (χ1n) is 8.08. The van der Waals surface area contributed by atoms with Gasteiger partial charge < -0.3 is 15.0 Å². The number of rotatable bonds is 8. The zero-order valence-electron chi connectivity index (χ0n) is 14.1. The molecule has 1 saturated heterocycles. The summed E-state index contributed by atoms with van der Waals surface area (Å²) < 4.78 is 5.59. The average molecular weight is 298 g/mol. The Balaban J connectivity index is 2.85. The second-order valence-corrected chi connectivity index (χ2v) is 6.24. The number of carbonyl (C=O) groups is 2. The predicted molar refractivity (Wildman–Crippen MR) is 83.0 cm³/mol. The monoisotopic (exact) mass is 298 g/mol. The van der Waals surface area contributed by atoms with Crippen molar-refractivity contribution in [2.75, 3.05) is 19.8 Å². The van der Waals surface area contributed by atoms with Crippen molar-refractivity contribution >= 4 is 11.8 Å². The largest absolute Gasteiger partial charge is 0.380 e. The smallest absolute Gasteiger partial charge is 0.248 e. The number of piperazine rings is 1. The zero-order chi connectivity index (χ0) is 16.1. The maximum absolute atomic E-state index is 12.7. The van der Waals surface area contributed by atoms with Gasteiger partial charge in [0.15, 0.2) is 0 Å². The lowest BCUT2D eigenvalue weighted by atomic mass is 9.83. The van der Waals surface area contributed by atoms with E-state index in [1.807, 2.05) is 13.8 Å². The van der Waals surface area contributed by atoms with Crippen molar-refractivity contribution in [2.24, 2.45) is 0 Å². The Bertz CT molecular complexity index is 376. The van der Waals surface area contributed by atoms with Gasteiger partial charge in [0.05, 0.1) is 6.61 Å². The molecule has 5 heteroatoms. The summed E-state index contributed by atoms with van der Waals surface area (Å²) in [4.78, 5) is 27.0. The van der Waals surface area contributed by atoms with E-state index in [1.165, 1.54) is 0 Å². The summed E-state index contributed by atoms with van der Waals surface area (Å²) in [5.41, 5.74) is -1.57. The molecule has 0 spiro atoms. The fourth-order valence-corrected chi connectivity index (χ4v) is 2.88. The SMILES string of the molecule is CCCCOCCN1C(=O)C(C)(C)NC(=O)C1(CC)CC. The van der Waals surface area contributed by atoms with Gasteiger partial charge in [-0.25, -0.2) is 0 Å². The van der Waals surface area contributed by atoms with Gasteiger partial charge in [0, 0.05) is 13.2 Å². The topological polar surface area (TPSA) is 58.6 Å². The summed E-state index contributed by atoms with van der Waals surface area (Å²) in [5, 5.41) is 2.87. The van der Waals surface area contributed by atoms with E-state index in [2.05, 4.69) is 12.2 Å². The van der Waals surface area contributed by atoms with Gasteiger partial charge in [0.25, 0.3) is 0 Å². The quantitative estimate of drug-likeness (QED) is 0.698. The van der Waals surface area contributed by atoms with E-state index in [4.69, 9.17) is 4.74 Å². The summed E-state index contributed by atoms with van der Waals surface area (Å²) in [6.45, 7) is 11.2. The number of carbonyl (C=O) groups excluding carboxylic acids is 2. The lowest BCUT2D eigenvalue weighted by Crippen LogP contribution is -2.74. The Kier molecular flexibility index (Phi) is 6.20. The molecule has 1 heterocycles. The van der Waals surface area contributed by atoms with Crippen molar-refractivity contribution in [3.05, 3.63) is 0 Å². The Morgan fingerprint density at radius 2 is 1.71 bits per heavy atom. The van der Waals surface area contributed by atoms with Crippen LogP contribution < -0.4 is 5.32 Å². The van der Waals surface area contributed by atoms with Crippen molar-refractivity contribution in [2.45, 2.75) is 71.4 Å². The van der Waals surface area contributed by atoms with Gasteiger partial charge in [0.1, 0.15) is 11.1 Å². The molecule has 1 rings (SSSR count). The minimum absolute atomic E-state index is 0.0232. The molecule has 5 nitrogen and oxygen atoms in total. The number of nitrogens with one attached hydrogen (secondary N) is 1. The number of ether oxygens (including phenoxy) is 1. The van der Waals surface area contributed by atoms with Gasteiger partial charge in [-0.1, -0.05) is 27.2 Å². The van der Waals surface area contributed by atoms with Crippen molar-refractivity contribution in [3.8, 4) is 0 Å². The number of nitrogens with zero attached hydrogens (tertiary/aromatic N) is 1. The molecule has 0 bridgehead atoms. The van der Waals surface area contributed by atoms with Crippen molar-refractivity contribution < 1.29 is 14.3 Å². The van der Waals surface area contributed by atoms with Gasteiger partial charge in [0.2, 0.25) is 11.8 Å². The Hall–Kier alpha value is -1.10. The fourth-order valence-electron chi connectivity index (χ4n) is 2.88. The molecular formula is C16H30N2O3. The molecular weight excluding hydrogens is 268 g/mol. The highest BCUT2D eigenvalue weighted by molar-refractivity contribution is 6.01. The van der Waals surface area contributed by atoms with Gasteiger partial charge in [-0.05, 0) is 33.1 Å². The average Bonchev–Trinajstić information content (AvgIpc) is 2.44. The maximum Gasteiger partial charge on any atom is 0.248 e. The fraction of sp³-hybridized carbons (Fsp3) is 0.875. The molecule has 1 aliphatic heterocycles. The maximum atomic E-state index is 12.7. The highest BCUT2D eigenvalue weighted by Gasteiger charge is 2.53. The second kappa shape index (κ2) is 7.25. The van der Waals surface area contributed by atoms with Crippen LogP contribution in [0.25, 0.3) is 0 Å². The normalized spacial score (nSPS) is 20.5. The molecule has 2 amide bonds. The Morgan fingerprint density at radius 1 is 1.10 bits per heavy atom. The van der Waals surface area contributed by atoms with E-state index < -0.39 is 11.1 Å². The van der Waals surface area contributed by atoms with Gasteiger partial charge >= 0.3 is 0 Å². The molecule has 0 saturated carbocycles. The molecule has 122 valence electrons. The van der Waals surface area contributed by atoms with Crippen LogP contribution in [0.15, 0.2) is 0 Å². The first kappa shape index (κ1) is 18.0. The Morgan fingerprint density at radius 3 is 2.24 bits per heavy atom. The number of unbranched alkanes of at least 4 members (excludes halogenated alkanes) is 1. The first-order chi connectivity index (χ1) is 9.85. The molecule has 1 N–H and O–H groups in total. The summed E-state index contributed by atoms with van der Waals surface area (Å²) in [7, 11) is 0. The molecule has 1 aliphatic rings. The molecule has 21 heavy (non-hydrogen) atoms. The van der Waals surface area contributed by atoms with Crippen LogP contribution >= 0.6 is 0 Å². The molecule has 1 fully saturated rings. The van der Waals surface area contributed by atoms with Crippen LogP contribution in [0.3, 0.4) is 0 Å². The minimum Gasteiger partial charge on any atom is -0.380 e. The third kappa shape index (κ3) is 3.57. The van der Waals surface area contributed by atoms with Gasteiger partial charge in [-0.2, -0.15) is 0 Å². The van der Waals surface area contributed by atoms with Crippen LogP contribution in [-0.4, -0.2) is 47.6 Å². The van der Waals surface area contributed by atoms with Gasteiger partial charge in [-0.15, -0.1) is 0 Å². The first-order valence-corrected chi connectivity index (χ1v) is 8.08. The standard InChI is InChI=1S/C16H30N2O3/c1-6-9-11-21-12-10-18-14(20)15(4,5)17-13(19)16(18,7-2)8-3/h6-12H2,1-5H3,(H,17,19). The predicted octanol–water partition coefficient (Wildman–Crippen LogP) is 2.10. The van der Waals surface area contributed by atoms with Crippen LogP contribution in [0.2, 0.25) is 0 Å². The van der Waals surface area contributed by atoms with E-state index in [-0.39, 0.29) is 11.8 Å². The summed E-state index contributed by atoms with van der Waals surface area (Å²) in [6.07, 6.45) is 3.34. The van der Waals surface area contributed by atoms with E-state index in [0.717, 1.165) is 12.8 Å². The van der Waals surface area contributed by atoms with Crippen LogP contribution in [0.5, 0.6) is 0 Å².